The number of nitrogens with zero attached hydrogens (tertiary/aromatic N) is 1. The van der Waals surface area contributed by atoms with Crippen LogP contribution >= 0.6 is 0 Å². The molecule has 2 heterocycles. The monoisotopic (exact) mass is 389 g/mol. The molecule has 0 radical (unpaired) electrons. The molecule has 6 heteroatoms. The molecule has 0 saturated heterocycles. The summed E-state index contributed by atoms with van der Waals surface area (Å²) in [5.74, 6) is 1.77. The second kappa shape index (κ2) is 8.22. The maximum absolute atomic E-state index is 12.6. The number of hydrogen-bond donors (Lipinski definition) is 2. The summed E-state index contributed by atoms with van der Waals surface area (Å²) in [4.78, 5) is 16.8. The van der Waals surface area contributed by atoms with Gasteiger partial charge in [0.25, 0.3) is 5.91 Å². The predicted molar refractivity (Wildman–Crippen MR) is 113 cm³/mol. The molecular weight excluding hydrogens is 366 g/mol. The van der Waals surface area contributed by atoms with Gasteiger partial charge in [0.1, 0.15) is 0 Å². The number of aromatic nitrogens is 1. The lowest BCUT2D eigenvalue weighted by Crippen LogP contribution is -2.13. The summed E-state index contributed by atoms with van der Waals surface area (Å²) in [5, 5.41) is 6.21. The molecule has 4 rings (SSSR count). The Morgan fingerprint density at radius 2 is 1.79 bits per heavy atom. The van der Waals surface area contributed by atoms with Gasteiger partial charge in [-0.2, -0.15) is 0 Å². The van der Waals surface area contributed by atoms with E-state index in [1.807, 2.05) is 42.5 Å². The van der Waals surface area contributed by atoms with E-state index in [9.17, 15) is 4.79 Å². The Labute approximate surface area is 169 Å². The number of anilines is 2. The quantitative estimate of drug-likeness (QED) is 0.634. The Bertz CT molecular complexity index is 1020. The summed E-state index contributed by atoms with van der Waals surface area (Å²) in [6.07, 6.45) is 3.25. The van der Waals surface area contributed by atoms with Crippen molar-refractivity contribution in [2.24, 2.45) is 0 Å². The number of pyridine rings is 1. The number of nitrogens with one attached hydrogen (secondary N) is 2. The largest absolute Gasteiger partial charge is 0.454 e. The minimum absolute atomic E-state index is 0.193. The second-order valence-electron chi connectivity index (χ2n) is 7.23. The molecule has 2 aromatic carbocycles. The number of fused-ring (bicyclic) bond motifs is 1. The second-order valence-corrected chi connectivity index (χ2v) is 7.23. The lowest BCUT2D eigenvalue weighted by atomic mass is 10.0. The minimum atomic E-state index is -0.193. The van der Waals surface area contributed by atoms with Crippen molar-refractivity contribution in [1.29, 1.82) is 0 Å². The predicted octanol–water partition coefficient (Wildman–Crippen LogP) is 4.80. The zero-order valence-corrected chi connectivity index (χ0v) is 16.4. The Hall–Kier alpha value is -3.54. The molecule has 3 aromatic rings. The number of hydrogen-bond acceptors (Lipinski definition) is 5. The summed E-state index contributed by atoms with van der Waals surface area (Å²) < 4.78 is 10.7. The normalized spacial score (nSPS) is 12.1. The van der Waals surface area contributed by atoms with E-state index in [0.29, 0.717) is 18.0 Å². The summed E-state index contributed by atoms with van der Waals surface area (Å²) >= 11 is 0. The minimum Gasteiger partial charge on any atom is -0.454 e. The Balaban J connectivity index is 1.39. The first-order chi connectivity index (χ1) is 14.1. The van der Waals surface area contributed by atoms with E-state index in [-0.39, 0.29) is 12.7 Å². The Morgan fingerprint density at radius 1 is 1.00 bits per heavy atom. The van der Waals surface area contributed by atoms with Gasteiger partial charge in [-0.05, 0) is 47.4 Å². The van der Waals surface area contributed by atoms with E-state index in [4.69, 9.17) is 9.47 Å². The van der Waals surface area contributed by atoms with Crippen molar-refractivity contribution in [3.8, 4) is 11.5 Å². The highest BCUT2D eigenvalue weighted by Crippen LogP contribution is 2.32. The number of benzene rings is 2. The summed E-state index contributed by atoms with van der Waals surface area (Å²) in [5.41, 5.74) is 4.31. The first kappa shape index (κ1) is 18.8. The fourth-order valence-electron chi connectivity index (χ4n) is 3.07. The lowest BCUT2D eigenvalue weighted by Gasteiger charge is -2.10. The van der Waals surface area contributed by atoms with Gasteiger partial charge >= 0.3 is 0 Å². The zero-order chi connectivity index (χ0) is 20.2. The third-order valence-corrected chi connectivity index (χ3v) is 4.77. The van der Waals surface area contributed by atoms with Crippen LogP contribution in [-0.2, 0) is 6.54 Å². The van der Waals surface area contributed by atoms with E-state index in [2.05, 4.69) is 29.5 Å². The molecule has 29 heavy (non-hydrogen) atoms. The van der Waals surface area contributed by atoms with Crippen LogP contribution in [0, 0.1) is 0 Å². The highest BCUT2D eigenvalue weighted by atomic mass is 16.7. The van der Waals surface area contributed by atoms with Crippen LogP contribution in [0.2, 0.25) is 0 Å². The third-order valence-electron chi connectivity index (χ3n) is 4.77. The summed E-state index contributed by atoms with van der Waals surface area (Å²) in [7, 11) is 0. The molecule has 0 saturated carbocycles. The number of amides is 1. The first-order valence-electron chi connectivity index (χ1n) is 9.57. The van der Waals surface area contributed by atoms with Crippen molar-refractivity contribution >= 4 is 17.3 Å². The summed E-state index contributed by atoms with van der Waals surface area (Å²) in [6, 6.07) is 15.5. The van der Waals surface area contributed by atoms with Crippen LogP contribution in [0.5, 0.6) is 11.5 Å². The molecular formula is C23H23N3O3. The van der Waals surface area contributed by atoms with Gasteiger partial charge in [0.15, 0.2) is 11.5 Å². The topological polar surface area (TPSA) is 72.5 Å². The van der Waals surface area contributed by atoms with Gasteiger partial charge in [-0.15, -0.1) is 0 Å². The van der Waals surface area contributed by atoms with Crippen LogP contribution in [0.1, 0.15) is 41.3 Å². The highest BCUT2D eigenvalue weighted by Gasteiger charge is 2.13. The molecule has 2 N–H and O–H groups in total. The summed E-state index contributed by atoms with van der Waals surface area (Å²) in [6.45, 7) is 5.12. The lowest BCUT2D eigenvalue weighted by molar-refractivity contribution is 0.102. The molecule has 0 fully saturated rings. The van der Waals surface area contributed by atoms with Gasteiger partial charge in [-0.1, -0.05) is 32.0 Å². The van der Waals surface area contributed by atoms with Gasteiger partial charge in [-0.3, -0.25) is 9.78 Å². The van der Waals surface area contributed by atoms with Crippen molar-refractivity contribution in [2.75, 3.05) is 17.4 Å². The zero-order valence-electron chi connectivity index (χ0n) is 16.4. The number of ether oxygens (including phenoxy) is 2. The van der Waals surface area contributed by atoms with Crippen molar-refractivity contribution < 1.29 is 14.3 Å². The molecule has 1 aliphatic heterocycles. The third kappa shape index (κ3) is 4.48. The van der Waals surface area contributed by atoms with E-state index in [0.717, 1.165) is 28.4 Å². The maximum Gasteiger partial charge on any atom is 0.257 e. The molecule has 0 unspecified atom stereocenters. The van der Waals surface area contributed by atoms with Crippen molar-refractivity contribution in [3.05, 3.63) is 77.6 Å². The molecule has 0 aliphatic carbocycles. The van der Waals surface area contributed by atoms with Crippen LogP contribution in [0.15, 0.2) is 60.9 Å². The van der Waals surface area contributed by atoms with Crippen LogP contribution in [0.4, 0.5) is 11.4 Å². The fraction of sp³-hybridized carbons (Fsp3) is 0.217. The van der Waals surface area contributed by atoms with Crippen molar-refractivity contribution in [2.45, 2.75) is 26.3 Å². The maximum atomic E-state index is 12.6. The van der Waals surface area contributed by atoms with E-state index in [1.165, 1.54) is 5.56 Å². The Morgan fingerprint density at radius 3 is 2.59 bits per heavy atom. The van der Waals surface area contributed by atoms with Crippen molar-refractivity contribution in [3.63, 3.8) is 0 Å². The molecule has 1 amide bonds. The first-order valence-corrected chi connectivity index (χ1v) is 9.57. The molecule has 6 nitrogen and oxygen atoms in total. The highest BCUT2D eigenvalue weighted by molar-refractivity contribution is 6.04. The number of carbonyl (C=O) groups is 1. The van der Waals surface area contributed by atoms with Gasteiger partial charge in [0.2, 0.25) is 6.79 Å². The average Bonchev–Trinajstić information content (AvgIpc) is 3.21. The molecule has 0 spiro atoms. The van der Waals surface area contributed by atoms with E-state index >= 15 is 0 Å². The SMILES string of the molecule is CC(C)c1ccc(NC(=O)c2cncc(NCc3ccc4c(c3)OCO4)c2)cc1. The van der Waals surface area contributed by atoms with Crippen LogP contribution < -0.4 is 20.1 Å². The fourth-order valence-corrected chi connectivity index (χ4v) is 3.07. The molecule has 0 atom stereocenters. The van der Waals surface area contributed by atoms with Crippen LogP contribution in [0.25, 0.3) is 0 Å². The van der Waals surface area contributed by atoms with Gasteiger partial charge in [0, 0.05) is 24.6 Å². The van der Waals surface area contributed by atoms with Gasteiger partial charge in [-0.25, -0.2) is 0 Å². The van der Waals surface area contributed by atoms with E-state index in [1.54, 1.807) is 18.5 Å². The molecule has 1 aliphatic rings. The Kier molecular flexibility index (Phi) is 5.33. The van der Waals surface area contributed by atoms with Crippen molar-refractivity contribution in [1.82, 2.24) is 4.98 Å². The number of carbonyl (C=O) groups excluding carboxylic acids is 1. The van der Waals surface area contributed by atoms with Crippen LogP contribution in [-0.4, -0.2) is 17.7 Å². The van der Waals surface area contributed by atoms with E-state index < -0.39 is 0 Å². The molecule has 1 aromatic heterocycles. The standard InChI is InChI=1S/C23H23N3O3/c1-15(2)17-4-6-19(7-5-17)26-23(27)18-10-20(13-24-12-18)25-11-16-3-8-21-22(9-16)29-14-28-21/h3-10,12-13,15,25H,11,14H2,1-2H3,(H,26,27). The van der Waals surface area contributed by atoms with Gasteiger partial charge in [0.05, 0.1) is 11.3 Å². The number of rotatable bonds is 6. The average molecular weight is 389 g/mol. The molecule has 0 bridgehead atoms. The smallest absolute Gasteiger partial charge is 0.257 e. The van der Waals surface area contributed by atoms with Crippen LogP contribution in [0.3, 0.4) is 0 Å². The molecule has 148 valence electrons. The van der Waals surface area contributed by atoms with Gasteiger partial charge < -0.3 is 20.1 Å².